The Morgan fingerprint density at radius 1 is 1.25 bits per heavy atom. The van der Waals surface area contributed by atoms with Gasteiger partial charge in [0.25, 0.3) is 0 Å². The molecule has 2 rings (SSSR count). The highest BCUT2D eigenvalue weighted by molar-refractivity contribution is 5.55. The van der Waals surface area contributed by atoms with Gasteiger partial charge in [-0.2, -0.15) is 0 Å². The van der Waals surface area contributed by atoms with Gasteiger partial charge in [-0.1, -0.05) is 0 Å². The van der Waals surface area contributed by atoms with Crippen molar-refractivity contribution in [3.63, 3.8) is 0 Å². The molecule has 0 aliphatic carbocycles. The summed E-state index contributed by atoms with van der Waals surface area (Å²) in [6.07, 6.45) is 8.66. The number of hydrogen-bond acceptors (Lipinski definition) is 4. The van der Waals surface area contributed by atoms with Crippen LogP contribution in [0.1, 0.15) is 5.82 Å². The molecular formula is C8H7N3O. The van der Waals surface area contributed by atoms with Crippen LogP contribution >= 0.6 is 0 Å². The molecule has 0 saturated carbocycles. The number of hydroxylamine groups is 1. The molecule has 0 spiro atoms. The highest BCUT2D eigenvalue weighted by Gasteiger charge is 2.05. The van der Waals surface area contributed by atoms with Gasteiger partial charge in [-0.05, 0) is 18.2 Å². The summed E-state index contributed by atoms with van der Waals surface area (Å²) in [5.74, 6) is 1.20. The third-order valence-electron chi connectivity index (χ3n) is 1.37. The minimum Gasteiger partial charge on any atom is -0.379 e. The quantitative estimate of drug-likeness (QED) is 0.663. The van der Waals surface area contributed by atoms with E-state index in [-0.39, 0.29) is 0 Å². The van der Waals surface area contributed by atoms with Gasteiger partial charge in [0, 0.05) is 18.6 Å². The summed E-state index contributed by atoms with van der Waals surface area (Å²) < 4.78 is 0. The van der Waals surface area contributed by atoms with Crippen LogP contribution in [-0.4, -0.2) is 9.97 Å². The fourth-order valence-electron chi connectivity index (χ4n) is 0.853. The summed E-state index contributed by atoms with van der Waals surface area (Å²) in [6.45, 7) is 0. The molecule has 1 aromatic heterocycles. The molecule has 0 saturated heterocycles. The Morgan fingerprint density at radius 2 is 2.08 bits per heavy atom. The van der Waals surface area contributed by atoms with Crippen molar-refractivity contribution in [3.05, 3.63) is 42.6 Å². The first-order valence-electron chi connectivity index (χ1n) is 3.53. The van der Waals surface area contributed by atoms with E-state index >= 15 is 0 Å². The Balaban J connectivity index is 2.31. The van der Waals surface area contributed by atoms with E-state index in [1.54, 1.807) is 30.7 Å². The van der Waals surface area contributed by atoms with Gasteiger partial charge in [0.1, 0.15) is 0 Å². The summed E-state index contributed by atoms with van der Waals surface area (Å²) in [6, 6.07) is 1.76. The SMILES string of the molecule is C1=CNOC(c2ncccn2)=C1. The van der Waals surface area contributed by atoms with Gasteiger partial charge in [-0.15, -0.1) is 0 Å². The minimum absolute atomic E-state index is 0.578. The molecule has 0 aromatic carbocycles. The summed E-state index contributed by atoms with van der Waals surface area (Å²) in [7, 11) is 0. The molecule has 2 heterocycles. The maximum Gasteiger partial charge on any atom is 0.199 e. The van der Waals surface area contributed by atoms with Gasteiger partial charge < -0.3 is 4.84 Å². The maximum absolute atomic E-state index is 5.06. The molecule has 1 aliphatic rings. The van der Waals surface area contributed by atoms with Crippen LogP contribution in [-0.2, 0) is 4.84 Å². The number of rotatable bonds is 1. The molecule has 0 amide bonds. The zero-order valence-electron chi connectivity index (χ0n) is 6.27. The second-order valence-electron chi connectivity index (χ2n) is 2.18. The van der Waals surface area contributed by atoms with Gasteiger partial charge >= 0.3 is 0 Å². The summed E-state index contributed by atoms with van der Waals surface area (Å²) in [5, 5.41) is 0. The third-order valence-corrected chi connectivity index (χ3v) is 1.37. The summed E-state index contributed by atoms with van der Waals surface area (Å²) >= 11 is 0. The van der Waals surface area contributed by atoms with Crippen LogP contribution in [0.3, 0.4) is 0 Å². The van der Waals surface area contributed by atoms with Crippen molar-refractivity contribution in [3.8, 4) is 0 Å². The average molecular weight is 161 g/mol. The predicted octanol–water partition coefficient (Wildman–Crippen LogP) is 0.866. The Labute approximate surface area is 69.6 Å². The van der Waals surface area contributed by atoms with E-state index in [1.165, 1.54) is 0 Å². The van der Waals surface area contributed by atoms with Crippen molar-refractivity contribution >= 4 is 5.76 Å². The van der Waals surface area contributed by atoms with Crippen LogP contribution in [0, 0.1) is 0 Å². The van der Waals surface area contributed by atoms with Gasteiger partial charge in [0.2, 0.25) is 0 Å². The largest absolute Gasteiger partial charge is 0.379 e. The highest BCUT2D eigenvalue weighted by Crippen LogP contribution is 2.10. The van der Waals surface area contributed by atoms with Crippen LogP contribution < -0.4 is 5.48 Å². The molecule has 0 unspecified atom stereocenters. The Hall–Kier alpha value is -1.84. The molecule has 12 heavy (non-hydrogen) atoms. The first-order chi connectivity index (χ1) is 5.97. The Morgan fingerprint density at radius 3 is 2.75 bits per heavy atom. The third kappa shape index (κ3) is 1.27. The molecule has 0 atom stereocenters. The Kier molecular flexibility index (Phi) is 1.74. The lowest BCUT2D eigenvalue weighted by Gasteiger charge is -2.09. The Bertz CT molecular complexity index is 318. The minimum atomic E-state index is 0.578. The zero-order chi connectivity index (χ0) is 8.23. The van der Waals surface area contributed by atoms with Crippen LogP contribution in [0.4, 0.5) is 0 Å². The normalized spacial score (nSPS) is 14.5. The smallest absolute Gasteiger partial charge is 0.199 e. The topological polar surface area (TPSA) is 47.0 Å². The number of allylic oxidation sites excluding steroid dienone is 2. The molecule has 60 valence electrons. The molecule has 4 heteroatoms. The van der Waals surface area contributed by atoms with Crippen molar-refractivity contribution in [1.82, 2.24) is 15.4 Å². The maximum atomic E-state index is 5.06. The van der Waals surface area contributed by atoms with E-state index in [1.807, 2.05) is 6.08 Å². The molecule has 1 aromatic rings. The van der Waals surface area contributed by atoms with E-state index in [0.29, 0.717) is 11.6 Å². The van der Waals surface area contributed by atoms with Gasteiger partial charge in [0.05, 0.1) is 0 Å². The number of nitrogens with one attached hydrogen (secondary N) is 1. The molecular weight excluding hydrogens is 154 g/mol. The average Bonchev–Trinajstić information content (AvgIpc) is 2.21. The van der Waals surface area contributed by atoms with E-state index < -0.39 is 0 Å². The second kappa shape index (κ2) is 3.04. The first kappa shape index (κ1) is 6.84. The standard InChI is InChI=1S/C8H7N3O/c1-3-7(12-11-6-1)8-9-4-2-5-10-8/h1-6,11H. The molecule has 0 radical (unpaired) electrons. The van der Waals surface area contributed by atoms with Crippen molar-refractivity contribution in [2.75, 3.05) is 0 Å². The highest BCUT2D eigenvalue weighted by atomic mass is 16.6. The first-order valence-corrected chi connectivity index (χ1v) is 3.53. The van der Waals surface area contributed by atoms with Gasteiger partial charge in [-0.3, -0.25) is 0 Å². The molecule has 0 bridgehead atoms. The number of aromatic nitrogens is 2. The molecule has 0 fully saturated rings. The summed E-state index contributed by atoms with van der Waals surface area (Å²) in [4.78, 5) is 13.1. The van der Waals surface area contributed by atoms with E-state index in [0.717, 1.165) is 0 Å². The fourth-order valence-corrected chi connectivity index (χ4v) is 0.853. The predicted molar refractivity (Wildman–Crippen MR) is 43.4 cm³/mol. The van der Waals surface area contributed by atoms with Gasteiger partial charge in [0.15, 0.2) is 11.6 Å². The van der Waals surface area contributed by atoms with E-state index in [4.69, 9.17) is 4.84 Å². The monoisotopic (exact) mass is 161 g/mol. The van der Waals surface area contributed by atoms with Gasteiger partial charge in [-0.25, -0.2) is 15.4 Å². The van der Waals surface area contributed by atoms with Crippen LogP contribution in [0.25, 0.3) is 5.76 Å². The lowest BCUT2D eigenvalue weighted by molar-refractivity contribution is 0.196. The lowest BCUT2D eigenvalue weighted by atomic mass is 10.4. The zero-order valence-corrected chi connectivity index (χ0v) is 6.27. The molecule has 1 N–H and O–H groups in total. The van der Waals surface area contributed by atoms with Crippen LogP contribution in [0.2, 0.25) is 0 Å². The van der Waals surface area contributed by atoms with Crippen molar-refractivity contribution < 1.29 is 4.84 Å². The van der Waals surface area contributed by atoms with Crippen molar-refractivity contribution in [2.24, 2.45) is 0 Å². The second-order valence-corrected chi connectivity index (χ2v) is 2.18. The van der Waals surface area contributed by atoms with Crippen molar-refractivity contribution in [1.29, 1.82) is 0 Å². The number of nitrogens with zero attached hydrogens (tertiary/aromatic N) is 2. The molecule has 4 nitrogen and oxygen atoms in total. The number of hydrogen-bond donors (Lipinski definition) is 1. The van der Waals surface area contributed by atoms with Crippen LogP contribution in [0.5, 0.6) is 0 Å². The summed E-state index contributed by atoms with van der Waals surface area (Å²) in [5.41, 5.74) is 2.60. The van der Waals surface area contributed by atoms with E-state index in [2.05, 4.69) is 15.4 Å². The van der Waals surface area contributed by atoms with E-state index in [9.17, 15) is 0 Å². The lowest BCUT2D eigenvalue weighted by Crippen LogP contribution is -2.10. The van der Waals surface area contributed by atoms with Crippen LogP contribution in [0.15, 0.2) is 36.8 Å². The fraction of sp³-hybridized carbons (Fsp3) is 0. The molecule has 1 aliphatic heterocycles. The van der Waals surface area contributed by atoms with Crippen molar-refractivity contribution in [2.45, 2.75) is 0 Å².